The summed E-state index contributed by atoms with van der Waals surface area (Å²) in [6.45, 7) is 43.4. The van der Waals surface area contributed by atoms with Crippen LogP contribution in [0, 0.1) is 10.8 Å². The molecule has 3 aliphatic rings. The summed E-state index contributed by atoms with van der Waals surface area (Å²) >= 11 is -3.37. The van der Waals surface area contributed by atoms with Crippen LogP contribution in [0.5, 0.6) is 0 Å². The number of halogens is 2. The fourth-order valence-electron chi connectivity index (χ4n) is 10.5. The Balaban J connectivity index is 0.00000341. The van der Waals surface area contributed by atoms with Gasteiger partial charge in [-0.2, -0.15) is 0 Å². The summed E-state index contributed by atoms with van der Waals surface area (Å²) in [6, 6.07) is 29.8. The predicted octanol–water partition coefficient (Wildman–Crippen LogP) is 11.3. The van der Waals surface area contributed by atoms with Crippen molar-refractivity contribution < 1.29 is 44.8 Å². The van der Waals surface area contributed by atoms with E-state index in [9.17, 15) is 0 Å². The van der Waals surface area contributed by atoms with E-state index in [1.54, 1.807) is 22.3 Å². The predicted molar refractivity (Wildman–Crippen MR) is 253 cm³/mol. The van der Waals surface area contributed by atoms with Gasteiger partial charge >= 0.3 is 362 Å². The molecule has 322 valence electrons. The van der Waals surface area contributed by atoms with Crippen LogP contribution in [0.3, 0.4) is 0 Å². The Hall–Kier alpha value is -2.19. The first-order valence-electron chi connectivity index (χ1n) is 22.5. The van der Waals surface area contributed by atoms with Gasteiger partial charge in [0, 0.05) is 0 Å². The van der Waals surface area contributed by atoms with E-state index in [4.69, 9.17) is 0 Å². The number of fused-ring (bicyclic) bond motifs is 2. The van der Waals surface area contributed by atoms with E-state index in [0.29, 0.717) is 7.35 Å². The van der Waals surface area contributed by atoms with Gasteiger partial charge in [0.2, 0.25) is 0 Å². The van der Waals surface area contributed by atoms with Crippen LogP contribution in [0.2, 0.25) is 8.35 Å². The Morgan fingerprint density at radius 3 is 0.933 bits per heavy atom. The number of hydrogen-bond acceptors (Lipinski definition) is 0. The number of benzene rings is 4. The first-order chi connectivity index (χ1) is 26.5. The van der Waals surface area contributed by atoms with Crippen molar-refractivity contribution in [3.8, 4) is 22.3 Å². The van der Waals surface area contributed by atoms with E-state index < -0.39 is 20.0 Å². The number of allylic oxidation sites excluding steroid dienone is 2. The average molecular weight is 1010 g/mol. The quantitative estimate of drug-likeness (QED) is 0.179. The van der Waals surface area contributed by atoms with Gasteiger partial charge in [0.1, 0.15) is 0 Å². The summed E-state index contributed by atoms with van der Waals surface area (Å²) in [5.74, 6) is 0. The van der Waals surface area contributed by atoms with E-state index in [-0.39, 0.29) is 57.3 Å². The van der Waals surface area contributed by atoms with E-state index in [1.807, 2.05) is 0 Å². The molecule has 4 aromatic carbocycles. The molecule has 0 nitrogen and oxygen atoms in total. The molecular weight excluding hydrogens is 934 g/mol. The fourth-order valence-corrected chi connectivity index (χ4v) is 34.4. The SMILES string of the molecule is CC(C)(C)C1=Cc2c(-c3cc(C(C)(C)C)cc(C(C)(C)C)c3)cccc2[CH]1[Hf+2]1([CH]2C(C(C)(C)C)=Cc3c(-c4cc(C(C)(C)C)cc(C(C)(C)C)c4)cccc32)[CH2]C[CH2]1.[Cl-].[Cl-]. The van der Waals surface area contributed by atoms with Crippen molar-refractivity contribution >= 4 is 12.2 Å². The topological polar surface area (TPSA) is 0 Å². The van der Waals surface area contributed by atoms with Gasteiger partial charge in [0.15, 0.2) is 0 Å². The largest absolute Gasteiger partial charge is 1.00 e. The molecule has 0 bridgehead atoms. The second kappa shape index (κ2) is 16.1. The summed E-state index contributed by atoms with van der Waals surface area (Å²) < 4.78 is 4.09. The Labute approximate surface area is 384 Å². The first-order valence-corrected chi connectivity index (χ1v) is 31.8. The van der Waals surface area contributed by atoms with Gasteiger partial charge in [-0.05, 0) is 0 Å². The molecule has 1 aliphatic heterocycles. The Bertz CT molecular complexity index is 2100. The van der Waals surface area contributed by atoms with Gasteiger partial charge in [-0.1, -0.05) is 0 Å². The Kier molecular flexibility index (Phi) is 13.1. The van der Waals surface area contributed by atoms with Crippen molar-refractivity contribution in [2.24, 2.45) is 10.8 Å². The number of rotatable bonds is 4. The maximum atomic E-state index is 2.72. The van der Waals surface area contributed by atoms with Crippen molar-refractivity contribution in [1.29, 1.82) is 0 Å². The molecule has 0 amide bonds. The minimum atomic E-state index is -3.37. The van der Waals surface area contributed by atoms with E-state index in [1.165, 1.54) is 70.4 Å². The normalized spacial score (nSPS) is 18.5. The minimum absolute atomic E-state index is 0. The second-order valence-corrected chi connectivity index (χ2v) is 41.5. The molecule has 2 aliphatic carbocycles. The molecule has 2 unspecified atom stereocenters. The third kappa shape index (κ3) is 8.83. The summed E-state index contributed by atoms with van der Waals surface area (Å²) in [4.78, 5) is 0. The van der Waals surface area contributed by atoms with Gasteiger partial charge in [-0.25, -0.2) is 0 Å². The van der Waals surface area contributed by atoms with Crippen LogP contribution >= 0.6 is 0 Å². The Morgan fingerprint density at radius 1 is 0.400 bits per heavy atom. The van der Waals surface area contributed by atoms with Crippen molar-refractivity contribution in [2.75, 3.05) is 0 Å². The summed E-state index contributed by atoms with van der Waals surface area (Å²) in [6.07, 6.45) is 6.82. The van der Waals surface area contributed by atoms with Gasteiger partial charge in [0.05, 0.1) is 0 Å². The van der Waals surface area contributed by atoms with E-state index in [0.717, 1.165) is 0 Å². The van der Waals surface area contributed by atoms with E-state index in [2.05, 4.69) is 210 Å². The van der Waals surface area contributed by atoms with Crippen molar-refractivity contribution in [3.63, 3.8) is 0 Å². The summed E-state index contributed by atoms with van der Waals surface area (Å²) in [5.41, 5.74) is 21.5. The molecule has 0 aromatic heterocycles. The molecule has 1 heterocycles. The van der Waals surface area contributed by atoms with Crippen LogP contribution in [0.15, 0.2) is 83.9 Å². The third-order valence-corrected chi connectivity index (χ3v) is 36.2. The maximum Gasteiger partial charge on any atom is -1.00 e. The van der Waals surface area contributed by atoms with Crippen LogP contribution in [0.1, 0.15) is 183 Å². The molecule has 1 fully saturated rings. The van der Waals surface area contributed by atoms with E-state index >= 15 is 0 Å². The molecule has 4 aromatic rings. The summed E-state index contributed by atoms with van der Waals surface area (Å²) in [5, 5.41) is 0. The first kappa shape index (κ1) is 48.8. The Morgan fingerprint density at radius 2 is 0.700 bits per heavy atom. The summed E-state index contributed by atoms with van der Waals surface area (Å²) in [7, 11) is 0. The van der Waals surface area contributed by atoms with Gasteiger partial charge in [-0.3, -0.25) is 0 Å². The molecule has 60 heavy (non-hydrogen) atoms. The molecule has 1 saturated heterocycles. The average Bonchev–Trinajstić information content (AvgIpc) is 3.67. The zero-order chi connectivity index (χ0) is 42.8. The van der Waals surface area contributed by atoms with Crippen LogP contribution in [-0.4, -0.2) is 0 Å². The number of hydrogen-bond donors (Lipinski definition) is 0. The molecule has 0 N–H and O–H groups in total. The fraction of sp³-hybridized carbons (Fsp3) is 0.509. The standard InChI is InChI=1S/2C27H35.C3H6.2ClH.Hf/c2*1-25(2,3)20-14-19(15-21(16-20)26(4,5)6)23-12-10-11-18-13-22(17-24(18)23)27(7,8)9;1-3-2;;;/h2*10-17H,1-9H3;1-3H2;2*1H;/q;;;;;+2/p-2. The van der Waals surface area contributed by atoms with Crippen molar-refractivity contribution in [1.82, 2.24) is 0 Å². The van der Waals surface area contributed by atoms with Crippen molar-refractivity contribution in [3.05, 3.63) is 128 Å². The van der Waals surface area contributed by atoms with Gasteiger partial charge in [-0.15, -0.1) is 0 Å². The van der Waals surface area contributed by atoms with Gasteiger partial charge < -0.3 is 24.8 Å². The monoisotopic (exact) mass is 1010 g/mol. The van der Waals surface area contributed by atoms with Crippen LogP contribution in [0.4, 0.5) is 0 Å². The zero-order valence-corrected chi connectivity index (χ0v) is 45.7. The van der Waals surface area contributed by atoms with Crippen molar-refractivity contribution in [2.45, 2.75) is 168 Å². The van der Waals surface area contributed by atoms with Gasteiger partial charge in [0.25, 0.3) is 0 Å². The molecular formula is C57H76Cl2Hf. The molecule has 0 radical (unpaired) electrons. The third-order valence-electron chi connectivity index (χ3n) is 14.2. The molecule has 3 heteroatoms. The van der Waals surface area contributed by atoms with Crippen LogP contribution < -0.4 is 24.8 Å². The maximum absolute atomic E-state index is 3.37. The van der Waals surface area contributed by atoms with Crippen LogP contribution in [0.25, 0.3) is 34.4 Å². The molecule has 7 rings (SSSR count). The van der Waals surface area contributed by atoms with Crippen LogP contribution in [-0.2, 0) is 41.6 Å². The molecule has 0 saturated carbocycles. The molecule has 2 atom stereocenters. The second-order valence-electron chi connectivity index (χ2n) is 24.9. The smallest absolute Gasteiger partial charge is 1.00 e. The zero-order valence-electron chi connectivity index (χ0n) is 40.6. The minimum Gasteiger partial charge on any atom is -1.00 e. The molecule has 0 spiro atoms.